The Morgan fingerprint density at radius 1 is 1.20 bits per heavy atom. The van der Waals surface area contributed by atoms with E-state index in [9.17, 15) is 5.11 Å². The van der Waals surface area contributed by atoms with Crippen LogP contribution in [0.15, 0.2) is 0 Å². The lowest BCUT2D eigenvalue weighted by atomic mass is 9.80. The first-order valence-corrected chi connectivity index (χ1v) is 5.96. The lowest BCUT2D eigenvalue weighted by Gasteiger charge is -2.41. The topological polar surface area (TPSA) is 44.7 Å². The normalized spacial score (nSPS) is 27.8. The first-order valence-electron chi connectivity index (χ1n) is 5.96. The van der Waals surface area contributed by atoms with E-state index in [4.69, 9.17) is 4.74 Å². The minimum absolute atomic E-state index is 0.107. The number of aliphatic hydroxyl groups excluding tert-OH is 1. The zero-order valence-corrected chi connectivity index (χ0v) is 9.37. The molecule has 2 aliphatic heterocycles. The van der Waals surface area contributed by atoms with Crippen molar-refractivity contribution in [3.05, 3.63) is 0 Å². The Labute approximate surface area is 91.6 Å². The molecule has 0 aromatic rings. The van der Waals surface area contributed by atoms with Gasteiger partial charge in [0.2, 0.25) is 0 Å². The molecule has 0 aromatic heterocycles. The summed E-state index contributed by atoms with van der Waals surface area (Å²) in [5.74, 6) is 0. The number of ether oxygens (including phenoxy) is 1. The van der Waals surface area contributed by atoms with Gasteiger partial charge in [-0.2, -0.15) is 0 Å². The van der Waals surface area contributed by atoms with Gasteiger partial charge in [0.15, 0.2) is 0 Å². The van der Waals surface area contributed by atoms with Crippen LogP contribution in [0.4, 0.5) is 0 Å². The molecule has 0 spiro atoms. The maximum Gasteiger partial charge on any atom is 0.0501 e. The summed E-state index contributed by atoms with van der Waals surface area (Å²) >= 11 is 0. The van der Waals surface area contributed by atoms with Gasteiger partial charge in [-0.3, -0.25) is 0 Å². The predicted octanol–water partition coefficient (Wildman–Crippen LogP) is -0.319. The summed E-state index contributed by atoms with van der Waals surface area (Å²) in [6.45, 7) is 7.36. The smallest absolute Gasteiger partial charge is 0.0501 e. The molecule has 2 aliphatic rings. The van der Waals surface area contributed by atoms with Crippen LogP contribution in [-0.2, 0) is 4.74 Å². The third-order valence-corrected chi connectivity index (χ3v) is 3.66. The van der Waals surface area contributed by atoms with Gasteiger partial charge >= 0.3 is 0 Å². The predicted molar refractivity (Wildman–Crippen MR) is 58.9 cm³/mol. The van der Waals surface area contributed by atoms with Crippen LogP contribution >= 0.6 is 0 Å². The van der Waals surface area contributed by atoms with Gasteiger partial charge in [-0.05, 0) is 12.8 Å². The van der Waals surface area contributed by atoms with Crippen LogP contribution in [0.3, 0.4) is 0 Å². The second-order valence-electron chi connectivity index (χ2n) is 4.80. The van der Waals surface area contributed by atoms with E-state index in [1.807, 2.05) is 0 Å². The van der Waals surface area contributed by atoms with E-state index < -0.39 is 0 Å². The Morgan fingerprint density at radius 3 is 2.47 bits per heavy atom. The molecular formula is C11H22N2O2. The molecule has 0 saturated carbocycles. The summed E-state index contributed by atoms with van der Waals surface area (Å²) in [6.07, 6.45) is 2.01. The first-order chi connectivity index (χ1) is 7.35. The lowest BCUT2D eigenvalue weighted by Crippen LogP contribution is -2.50. The van der Waals surface area contributed by atoms with Crippen molar-refractivity contribution in [2.45, 2.75) is 12.8 Å². The molecule has 2 heterocycles. The maximum absolute atomic E-state index is 9.57. The number of hydrogen-bond acceptors (Lipinski definition) is 4. The zero-order valence-electron chi connectivity index (χ0n) is 9.37. The molecular weight excluding hydrogens is 192 g/mol. The fourth-order valence-electron chi connectivity index (χ4n) is 2.51. The minimum atomic E-state index is 0.107. The van der Waals surface area contributed by atoms with Crippen LogP contribution in [0.25, 0.3) is 0 Å². The van der Waals surface area contributed by atoms with Gasteiger partial charge < -0.3 is 20.1 Å². The molecule has 15 heavy (non-hydrogen) atoms. The van der Waals surface area contributed by atoms with E-state index >= 15 is 0 Å². The number of piperazine rings is 1. The summed E-state index contributed by atoms with van der Waals surface area (Å²) in [7, 11) is 0. The van der Waals surface area contributed by atoms with Gasteiger partial charge in [-0.15, -0.1) is 0 Å². The van der Waals surface area contributed by atoms with Gasteiger partial charge in [0, 0.05) is 51.4 Å². The third-order valence-electron chi connectivity index (χ3n) is 3.66. The molecule has 0 radical (unpaired) electrons. The molecule has 0 aliphatic carbocycles. The Balaban J connectivity index is 1.87. The van der Waals surface area contributed by atoms with Crippen molar-refractivity contribution >= 4 is 0 Å². The number of nitrogens with one attached hydrogen (secondary N) is 1. The molecule has 0 amide bonds. The van der Waals surface area contributed by atoms with Crippen molar-refractivity contribution in [1.29, 1.82) is 0 Å². The summed E-state index contributed by atoms with van der Waals surface area (Å²) in [5.41, 5.74) is 0.107. The van der Waals surface area contributed by atoms with Crippen molar-refractivity contribution in [2.75, 3.05) is 52.5 Å². The molecule has 88 valence electrons. The number of hydrogen-bond donors (Lipinski definition) is 2. The number of nitrogens with zero attached hydrogens (tertiary/aromatic N) is 1. The average Bonchev–Trinajstić information content (AvgIpc) is 2.32. The van der Waals surface area contributed by atoms with E-state index in [1.54, 1.807) is 0 Å². The van der Waals surface area contributed by atoms with Crippen molar-refractivity contribution in [3.63, 3.8) is 0 Å². The highest BCUT2D eigenvalue weighted by atomic mass is 16.5. The molecule has 2 saturated heterocycles. The molecule has 4 nitrogen and oxygen atoms in total. The Morgan fingerprint density at radius 2 is 1.87 bits per heavy atom. The number of aliphatic hydroxyl groups is 1. The molecule has 2 fully saturated rings. The minimum Gasteiger partial charge on any atom is -0.396 e. The molecule has 0 aromatic carbocycles. The number of rotatable bonds is 3. The largest absolute Gasteiger partial charge is 0.396 e. The van der Waals surface area contributed by atoms with Crippen molar-refractivity contribution in [1.82, 2.24) is 10.2 Å². The highest BCUT2D eigenvalue weighted by Gasteiger charge is 2.34. The SMILES string of the molecule is OCC1(CN2CCNCC2)CCOCC1. The Bertz CT molecular complexity index is 187. The van der Waals surface area contributed by atoms with E-state index in [-0.39, 0.29) is 5.41 Å². The van der Waals surface area contributed by atoms with Crippen molar-refractivity contribution in [3.8, 4) is 0 Å². The van der Waals surface area contributed by atoms with E-state index in [1.165, 1.54) is 0 Å². The van der Waals surface area contributed by atoms with E-state index in [2.05, 4.69) is 10.2 Å². The quantitative estimate of drug-likeness (QED) is 0.676. The van der Waals surface area contributed by atoms with E-state index in [0.29, 0.717) is 6.61 Å². The molecule has 0 unspecified atom stereocenters. The highest BCUT2D eigenvalue weighted by molar-refractivity contribution is 4.85. The fourth-order valence-corrected chi connectivity index (χ4v) is 2.51. The fraction of sp³-hybridized carbons (Fsp3) is 1.00. The Hall–Kier alpha value is -0.160. The average molecular weight is 214 g/mol. The van der Waals surface area contributed by atoms with Crippen LogP contribution in [0.2, 0.25) is 0 Å². The lowest BCUT2D eigenvalue weighted by molar-refractivity contribution is -0.0356. The highest BCUT2D eigenvalue weighted by Crippen LogP contribution is 2.30. The van der Waals surface area contributed by atoms with Crippen molar-refractivity contribution < 1.29 is 9.84 Å². The van der Waals surface area contributed by atoms with Crippen LogP contribution in [0.5, 0.6) is 0 Å². The van der Waals surface area contributed by atoms with Gasteiger partial charge in [-0.1, -0.05) is 0 Å². The standard InChI is InChI=1S/C11H22N2O2/c14-10-11(1-7-15-8-2-11)9-13-5-3-12-4-6-13/h12,14H,1-10H2. The zero-order chi connectivity index (χ0) is 10.6. The second-order valence-corrected chi connectivity index (χ2v) is 4.80. The summed E-state index contributed by atoms with van der Waals surface area (Å²) < 4.78 is 5.37. The molecule has 2 N–H and O–H groups in total. The van der Waals surface area contributed by atoms with Gasteiger partial charge in [-0.25, -0.2) is 0 Å². The monoisotopic (exact) mass is 214 g/mol. The molecule has 0 atom stereocenters. The molecule has 2 rings (SSSR count). The van der Waals surface area contributed by atoms with Gasteiger partial charge in [0.1, 0.15) is 0 Å². The molecule has 4 heteroatoms. The summed E-state index contributed by atoms with van der Waals surface area (Å²) in [5, 5.41) is 12.9. The molecule has 0 bridgehead atoms. The van der Waals surface area contributed by atoms with Crippen molar-refractivity contribution in [2.24, 2.45) is 5.41 Å². The first kappa shape index (κ1) is 11.3. The van der Waals surface area contributed by atoms with Crippen LogP contribution in [0, 0.1) is 5.41 Å². The summed E-state index contributed by atoms with van der Waals surface area (Å²) in [6, 6.07) is 0. The second kappa shape index (κ2) is 5.25. The van der Waals surface area contributed by atoms with Crippen LogP contribution in [0.1, 0.15) is 12.8 Å². The third kappa shape index (κ3) is 2.91. The van der Waals surface area contributed by atoms with Crippen LogP contribution < -0.4 is 5.32 Å². The maximum atomic E-state index is 9.57. The Kier molecular flexibility index (Phi) is 3.97. The van der Waals surface area contributed by atoms with Gasteiger partial charge in [0.05, 0.1) is 6.61 Å². The summed E-state index contributed by atoms with van der Waals surface area (Å²) in [4.78, 5) is 2.47. The van der Waals surface area contributed by atoms with E-state index in [0.717, 1.165) is 58.8 Å². The van der Waals surface area contributed by atoms with Crippen LogP contribution in [-0.4, -0.2) is 62.6 Å². The van der Waals surface area contributed by atoms with Gasteiger partial charge in [0.25, 0.3) is 0 Å².